The molecule has 1 atom stereocenters. The molecule has 23 heavy (non-hydrogen) atoms. The largest absolute Gasteiger partial charge is 0.467 e. The maximum absolute atomic E-state index is 11.8. The SMILES string of the molecule is CCNC(=NCC(=O)NCc1ccco1)NC1CCS(=O)(=O)C1. The summed E-state index contributed by atoms with van der Waals surface area (Å²) in [5, 5.41) is 8.76. The first-order valence-corrected chi connectivity index (χ1v) is 9.35. The van der Waals surface area contributed by atoms with Crippen LogP contribution in [0.25, 0.3) is 0 Å². The fourth-order valence-electron chi connectivity index (χ4n) is 2.23. The van der Waals surface area contributed by atoms with Crippen LogP contribution in [0.5, 0.6) is 0 Å². The summed E-state index contributed by atoms with van der Waals surface area (Å²) < 4.78 is 28.1. The number of carbonyl (C=O) groups excluding carboxylic acids is 1. The van der Waals surface area contributed by atoms with Gasteiger partial charge in [-0.2, -0.15) is 0 Å². The van der Waals surface area contributed by atoms with E-state index in [1.165, 1.54) is 0 Å². The van der Waals surface area contributed by atoms with Crippen molar-refractivity contribution >= 4 is 21.7 Å². The second-order valence-electron chi connectivity index (χ2n) is 5.30. The van der Waals surface area contributed by atoms with E-state index in [1.807, 2.05) is 6.92 Å². The van der Waals surface area contributed by atoms with Gasteiger partial charge in [-0.15, -0.1) is 0 Å². The fraction of sp³-hybridized carbons (Fsp3) is 0.571. The predicted octanol–water partition coefficient (Wildman–Crippen LogP) is -0.362. The third-order valence-electron chi connectivity index (χ3n) is 3.34. The molecule has 0 aliphatic carbocycles. The Morgan fingerprint density at radius 2 is 2.26 bits per heavy atom. The molecule has 1 aromatic rings. The standard InChI is InChI=1S/C14H22N4O4S/c1-2-15-14(18-11-5-7-23(20,21)10-11)17-9-13(19)16-8-12-4-3-6-22-12/h3-4,6,11H,2,5,7-10H2,1H3,(H,16,19)(H2,15,17,18). The van der Waals surface area contributed by atoms with Crippen LogP contribution in [0.3, 0.4) is 0 Å². The van der Waals surface area contributed by atoms with E-state index in [4.69, 9.17) is 4.42 Å². The molecule has 1 aromatic heterocycles. The summed E-state index contributed by atoms with van der Waals surface area (Å²) in [7, 11) is -2.96. The van der Waals surface area contributed by atoms with E-state index in [0.717, 1.165) is 0 Å². The van der Waals surface area contributed by atoms with Crippen LogP contribution in [-0.4, -0.2) is 50.9 Å². The van der Waals surface area contributed by atoms with Gasteiger partial charge in [0, 0.05) is 12.6 Å². The highest BCUT2D eigenvalue weighted by Gasteiger charge is 2.28. The van der Waals surface area contributed by atoms with Gasteiger partial charge >= 0.3 is 0 Å². The molecule has 0 bridgehead atoms. The first kappa shape index (κ1) is 17.3. The van der Waals surface area contributed by atoms with Crippen molar-refractivity contribution in [2.75, 3.05) is 24.6 Å². The number of rotatable bonds is 6. The van der Waals surface area contributed by atoms with E-state index in [9.17, 15) is 13.2 Å². The average molecular weight is 342 g/mol. The number of amides is 1. The zero-order chi connectivity index (χ0) is 16.7. The lowest BCUT2D eigenvalue weighted by atomic mass is 10.3. The molecule has 2 heterocycles. The normalized spacial score (nSPS) is 20.2. The maximum Gasteiger partial charge on any atom is 0.242 e. The highest BCUT2D eigenvalue weighted by Crippen LogP contribution is 2.10. The second-order valence-corrected chi connectivity index (χ2v) is 7.52. The molecule has 0 radical (unpaired) electrons. The number of nitrogens with one attached hydrogen (secondary N) is 3. The van der Waals surface area contributed by atoms with Crippen molar-refractivity contribution in [3.63, 3.8) is 0 Å². The number of nitrogens with zero attached hydrogens (tertiary/aromatic N) is 1. The molecule has 1 saturated heterocycles. The summed E-state index contributed by atoms with van der Waals surface area (Å²) in [5.41, 5.74) is 0. The van der Waals surface area contributed by atoms with Gasteiger partial charge in [0.25, 0.3) is 0 Å². The Balaban J connectivity index is 1.81. The third kappa shape index (κ3) is 5.93. The van der Waals surface area contributed by atoms with Gasteiger partial charge in [-0.25, -0.2) is 13.4 Å². The van der Waals surface area contributed by atoms with Gasteiger partial charge < -0.3 is 20.4 Å². The number of hydrogen-bond donors (Lipinski definition) is 3. The summed E-state index contributed by atoms with van der Waals surface area (Å²) in [5.74, 6) is 1.17. The maximum atomic E-state index is 11.8. The van der Waals surface area contributed by atoms with E-state index in [0.29, 0.717) is 31.2 Å². The molecule has 1 amide bonds. The molecular weight excluding hydrogens is 320 g/mol. The number of sulfone groups is 1. The molecule has 1 unspecified atom stereocenters. The van der Waals surface area contributed by atoms with Crippen molar-refractivity contribution in [1.29, 1.82) is 0 Å². The molecule has 0 saturated carbocycles. The van der Waals surface area contributed by atoms with Crippen molar-refractivity contribution in [2.24, 2.45) is 4.99 Å². The molecule has 1 aliphatic rings. The fourth-order valence-corrected chi connectivity index (χ4v) is 3.90. The van der Waals surface area contributed by atoms with E-state index < -0.39 is 9.84 Å². The highest BCUT2D eigenvalue weighted by molar-refractivity contribution is 7.91. The molecule has 8 nitrogen and oxygen atoms in total. The number of carbonyl (C=O) groups is 1. The minimum absolute atomic E-state index is 0.0461. The lowest BCUT2D eigenvalue weighted by Gasteiger charge is -2.15. The minimum atomic E-state index is -2.96. The smallest absolute Gasteiger partial charge is 0.242 e. The van der Waals surface area contributed by atoms with Crippen molar-refractivity contribution in [3.8, 4) is 0 Å². The average Bonchev–Trinajstić information content (AvgIpc) is 3.12. The molecule has 9 heteroatoms. The topological polar surface area (TPSA) is 113 Å². The molecule has 0 spiro atoms. The summed E-state index contributed by atoms with van der Waals surface area (Å²) >= 11 is 0. The van der Waals surface area contributed by atoms with Gasteiger partial charge in [0.2, 0.25) is 5.91 Å². The zero-order valence-electron chi connectivity index (χ0n) is 13.0. The van der Waals surface area contributed by atoms with E-state index >= 15 is 0 Å². The third-order valence-corrected chi connectivity index (χ3v) is 5.11. The number of guanidine groups is 1. The molecule has 1 aliphatic heterocycles. The van der Waals surface area contributed by atoms with Gasteiger partial charge in [-0.05, 0) is 25.5 Å². The Hall–Kier alpha value is -2.03. The Morgan fingerprint density at radius 3 is 2.87 bits per heavy atom. The van der Waals surface area contributed by atoms with E-state index in [1.54, 1.807) is 18.4 Å². The van der Waals surface area contributed by atoms with Gasteiger partial charge in [-0.3, -0.25) is 4.79 Å². The van der Waals surface area contributed by atoms with Crippen LogP contribution >= 0.6 is 0 Å². The van der Waals surface area contributed by atoms with E-state index in [-0.39, 0.29) is 30.0 Å². The molecule has 0 aromatic carbocycles. The van der Waals surface area contributed by atoms with Crippen molar-refractivity contribution in [3.05, 3.63) is 24.2 Å². The molecule has 1 fully saturated rings. The van der Waals surface area contributed by atoms with Gasteiger partial charge in [0.1, 0.15) is 12.3 Å². The molecule has 2 rings (SSSR count). The van der Waals surface area contributed by atoms with E-state index in [2.05, 4.69) is 20.9 Å². The number of hydrogen-bond acceptors (Lipinski definition) is 5. The summed E-state index contributed by atoms with van der Waals surface area (Å²) in [6.45, 7) is 2.79. The monoisotopic (exact) mass is 342 g/mol. The quantitative estimate of drug-likeness (QED) is 0.481. The van der Waals surface area contributed by atoms with Crippen molar-refractivity contribution in [2.45, 2.75) is 25.9 Å². The summed E-state index contributed by atoms with van der Waals surface area (Å²) in [6, 6.07) is 3.36. The van der Waals surface area contributed by atoms with Gasteiger partial charge in [0.15, 0.2) is 15.8 Å². The predicted molar refractivity (Wildman–Crippen MR) is 86.7 cm³/mol. The van der Waals surface area contributed by atoms with Gasteiger partial charge in [-0.1, -0.05) is 0 Å². The Morgan fingerprint density at radius 1 is 1.43 bits per heavy atom. The van der Waals surface area contributed by atoms with Crippen LogP contribution in [0, 0.1) is 0 Å². The first-order valence-electron chi connectivity index (χ1n) is 7.53. The van der Waals surface area contributed by atoms with Gasteiger partial charge in [0.05, 0.1) is 24.3 Å². The Bertz CT molecular complexity index is 640. The van der Waals surface area contributed by atoms with Crippen LogP contribution in [0.1, 0.15) is 19.1 Å². The van der Waals surface area contributed by atoms with Crippen molar-refractivity contribution < 1.29 is 17.6 Å². The minimum Gasteiger partial charge on any atom is -0.467 e. The lowest BCUT2D eigenvalue weighted by Crippen LogP contribution is -2.44. The second kappa shape index (κ2) is 8.00. The summed E-state index contributed by atoms with van der Waals surface area (Å²) in [4.78, 5) is 16.0. The number of aliphatic imine (C=N–C) groups is 1. The van der Waals surface area contributed by atoms with Crippen LogP contribution < -0.4 is 16.0 Å². The molecule has 128 valence electrons. The number of furan rings is 1. The first-order chi connectivity index (χ1) is 11.0. The van der Waals surface area contributed by atoms with Crippen LogP contribution in [-0.2, 0) is 21.2 Å². The molecular formula is C14H22N4O4S. The van der Waals surface area contributed by atoms with Crippen LogP contribution in [0.2, 0.25) is 0 Å². The summed E-state index contributed by atoms with van der Waals surface area (Å²) in [6.07, 6.45) is 2.10. The zero-order valence-corrected chi connectivity index (χ0v) is 13.9. The Kier molecular flexibility index (Phi) is 6.03. The lowest BCUT2D eigenvalue weighted by molar-refractivity contribution is -0.119. The molecule has 3 N–H and O–H groups in total. The van der Waals surface area contributed by atoms with Crippen LogP contribution in [0.4, 0.5) is 0 Å². The van der Waals surface area contributed by atoms with Crippen molar-refractivity contribution in [1.82, 2.24) is 16.0 Å². The van der Waals surface area contributed by atoms with Crippen LogP contribution in [0.15, 0.2) is 27.8 Å². The highest BCUT2D eigenvalue weighted by atomic mass is 32.2. The Labute approximate surface area is 135 Å².